The smallest absolute Gasteiger partial charge is 0.107 e. The van der Waals surface area contributed by atoms with Crippen molar-refractivity contribution in [3.8, 4) is 0 Å². The highest BCUT2D eigenvalue weighted by Gasteiger charge is 2.28. The van der Waals surface area contributed by atoms with Crippen LogP contribution < -0.4 is 5.32 Å². The monoisotopic (exact) mass is 316 g/mol. The van der Waals surface area contributed by atoms with Gasteiger partial charge in [-0.25, -0.2) is 4.98 Å². The molecule has 0 saturated carbocycles. The van der Waals surface area contributed by atoms with Crippen LogP contribution in [0.4, 0.5) is 0 Å². The maximum absolute atomic E-state index is 4.99. The van der Waals surface area contributed by atoms with Crippen molar-refractivity contribution in [1.82, 2.24) is 10.3 Å². The van der Waals surface area contributed by atoms with Crippen LogP contribution in [0.15, 0.2) is 0 Å². The lowest BCUT2D eigenvalue weighted by Gasteiger charge is -2.25. The van der Waals surface area contributed by atoms with Crippen molar-refractivity contribution in [2.75, 3.05) is 18.6 Å². The summed E-state index contributed by atoms with van der Waals surface area (Å²) in [5.41, 5.74) is 1.33. The van der Waals surface area contributed by atoms with Crippen LogP contribution in [0.5, 0.6) is 0 Å². The zero-order chi connectivity index (χ0) is 13.8. The van der Waals surface area contributed by atoms with Gasteiger partial charge in [-0.3, -0.25) is 0 Å². The van der Waals surface area contributed by atoms with Gasteiger partial charge in [-0.05, 0) is 19.4 Å². The Morgan fingerprint density at radius 3 is 2.68 bits per heavy atom. The third-order valence-electron chi connectivity index (χ3n) is 3.16. The van der Waals surface area contributed by atoms with E-state index >= 15 is 0 Å². The lowest BCUT2D eigenvalue weighted by molar-refractivity contribution is 0.629. The van der Waals surface area contributed by atoms with Gasteiger partial charge < -0.3 is 5.32 Å². The van der Waals surface area contributed by atoms with Crippen LogP contribution in [0.3, 0.4) is 0 Å². The Morgan fingerprint density at radius 1 is 1.32 bits per heavy atom. The summed E-state index contributed by atoms with van der Waals surface area (Å²) in [6.45, 7) is 7.85. The summed E-state index contributed by atoms with van der Waals surface area (Å²) in [5, 5.41) is 5.93. The Kier molecular flexibility index (Phi) is 6.06. The Hall–Kier alpha value is 0.290. The summed E-state index contributed by atoms with van der Waals surface area (Å²) in [7, 11) is 2.02. The Bertz CT molecular complexity index is 403. The second-order valence-corrected chi connectivity index (χ2v) is 9.27. The van der Waals surface area contributed by atoms with Crippen molar-refractivity contribution >= 4 is 34.9 Å². The van der Waals surface area contributed by atoms with Gasteiger partial charge in [0.15, 0.2) is 0 Å². The highest BCUT2D eigenvalue weighted by molar-refractivity contribution is 8.06. The van der Waals surface area contributed by atoms with Gasteiger partial charge in [-0.15, -0.1) is 23.1 Å². The standard InChI is InChI=1S/C14H24N2S3/c1-9(2)7-11-12(8-15-4)19-14(16-11)13-10(3)17-5-6-18-13/h9-10,13,15H,5-8H2,1-4H3. The summed E-state index contributed by atoms with van der Waals surface area (Å²) >= 11 is 6.11. The molecular weight excluding hydrogens is 292 g/mol. The molecule has 1 saturated heterocycles. The highest BCUT2D eigenvalue weighted by atomic mass is 32.2. The van der Waals surface area contributed by atoms with Crippen LogP contribution >= 0.6 is 34.9 Å². The van der Waals surface area contributed by atoms with E-state index in [1.807, 2.05) is 18.4 Å². The van der Waals surface area contributed by atoms with Crippen LogP contribution in [0.1, 0.15) is 41.6 Å². The number of nitrogens with one attached hydrogen (secondary N) is 1. The van der Waals surface area contributed by atoms with Crippen LogP contribution in [0, 0.1) is 5.92 Å². The first-order chi connectivity index (χ1) is 9.11. The molecule has 0 aliphatic carbocycles. The predicted molar refractivity (Wildman–Crippen MR) is 90.5 cm³/mol. The molecule has 2 heterocycles. The Balaban J connectivity index is 2.20. The van der Waals surface area contributed by atoms with Crippen molar-refractivity contribution in [1.29, 1.82) is 0 Å². The minimum Gasteiger partial charge on any atom is -0.315 e. The molecule has 5 heteroatoms. The molecule has 2 unspecified atom stereocenters. The van der Waals surface area contributed by atoms with E-state index < -0.39 is 0 Å². The van der Waals surface area contributed by atoms with E-state index in [0.29, 0.717) is 16.4 Å². The van der Waals surface area contributed by atoms with E-state index in [9.17, 15) is 0 Å². The first-order valence-corrected chi connectivity index (χ1v) is 9.89. The molecule has 0 spiro atoms. The third-order valence-corrected chi connectivity index (χ3v) is 7.59. The molecule has 2 atom stereocenters. The van der Waals surface area contributed by atoms with E-state index in [1.165, 1.54) is 27.1 Å². The normalized spacial score (nSPS) is 24.1. The zero-order valence-corrected chi connectivity index (χ0v) is 14.7. The lowest BCUT2D eigenvalue weighted by atomic mass is 10.1. The maximum Gasteiger partial charge on any atom is 0.107 e. The van der Waals surface area contributed by atoms with Gasteiger partial charge >= 0.3 is 0 Å². The van der Waals surface area contributed by atoms with Crippen LogP contribution in [-0.4, -0.2) is 28.8 Å². The topological polar surface area (TPSA) is 24.9 Å². The number of aromatic nitrogens is 1. The highest BCUT2D eigenvalue weighted by Crippen LogP contribution is 2.44. The first-order valence-electron chi connectivity index (χ1n) is 6.98. The van der Waals surface area contributed by atoms with Crippen LogP contribution in [0.2, 0.25) is 0 Å². The van der Waals surface area contributed by atoms with Crippen molar-refractivity contribution in [2.24, 2.45) is 5.92 Å². The number of thiazole rings is 1. The van der Waals surface area contributed by atoms with E-state index in [-0.39, 0.29) is 0 Å². The third kappa shape index (κ3) is 4.13. The molecule has 0 bridgehead atoms. The molecule has 108 valence electrons. The molecule has 1 N–H and O–H groups in total. The van der Waals surface area contributed by atoms with Crippen molar-refractivity contribution in [3.05, 3.63) is 15.6 Å². The Labute approximate surface area is 129 Å². The summed E-state index contributed by atoms with van der Waals surface area (Å²) in [4.78, 5) is 6.43. The van der Waals surface area contributed by atoms with Gasteiger partial charge in [-0.2, -0.15) is 11.8 Å². The number of nitrogens with zero attached hydrogens (tertiary/aromatic N) is 1. The molecule has 0 radical (unpaired) electrons. The van der Waals surface area contributed by atoms with E-state index in [2.05, 4.69) is 49.6 Å². The molecule has 0 amide bonds. The average Bonchev–Trinajstić information content (AvgIpc) is 2.72. The fourth-order valence-corrected chi connectivity index (χ4v) is 6.54. The summed E-state index contributed by atoms with van der Waals surface area (Å²) < 4.78 is 0. The molecule has 1 aromatic rings. The largest absolute Gasteiger partial charge is 0.315 e. The molecule has 1 aliphatic heterocycles. The number of hydrogen-bond donors (Lipinski definition) is 1. The van der Waals surface area contributed by atoms with Crippen LogP contribution in [-0.2, 0) is 13.0 Å². The molecule has 19 heavy (non-hydrogen) atoms. The minimum absolute atomic E-state index is 0.597. The lowest BCUT2D eigenvalue weighted by Crippen LogP contribution is -2.15. The van der Waals surface area contributed by atoms with Gasteiger partial charge in [0.1, 0.15) is 5.01 Å². The quantitative estimate of drug-likeness (QED) is 0.888. The van der Waals surface area contributed by atoms with Crippen molar-refractivity contribution in [2.45, 2.75) is 44.2 Å². The molecular formula is C14H24N2S3. The molecule has 1 fully saturated rings. The van der Waals surface area contributed by atoms with E-state index in [4.69, 9.17) is 4.98 Å². The second-order valence-electron chi connectivity index (χ2n) is 5.42. The van der Waals surface area contributed by atoms with E-state index in [1.54, 1.807) is 0 Å². The van der Waals surface area contributed by atoms with Gasteiger partial charge in [0.2, 0.25) is 0 Å². The van der Waals surface area contributed by atoms with Gasteiger partial charge in [-0.1, -0.05) is 20.8 Å². The van der Waals surface area contributed by atoms with Crippen molar-refractivity contribution in [3.63, 3.8) is 0 Å². The molecule has 1 aliphatic rings. The van der Waals surface area contributed by atoms with Crippen LogP contribution in [0.25, 0.3) is 0 Å². The summed E-state index contributed by atoms with van der Waals surface area (Å²) in [6, 6.07) is 0. The number of thioether (sulfide) groups is 2. The molecule has 0 aromatic carbocycles. The van der Waals surface area contributed by atoms with Gasteiger partial charge in [0.25, 0.3) is 0 Å². The van der Waals surface area contributed by atoms with E-state index in [0.717, 1.165) is 13.0 Å². The SMILES string of the molecule is CNCc1sc(C2SCCSC2C)nc1CC(C)C. The zero-order valence-electron chi connectivity index (χ0n) is 12.2. The number of rotatable bonds is 5. The second kappa shape index (κ2) is 7.34. The number of hydrogen-bond acceptors (Lipinski definition) is 5. The summed E-state index contributed by atoms with van der Waals surface area (Å²) in [5.74, 6) is 3.23. The van der Waals surface area contributed by atoms with Crippen molar-refractivity contribution < 1.29 is 0 Å². The molecule has 2 rings (SSSR count). The minimum atomic E-state index is 0.597. The van der Waals surface area contributed by atoms with Gasteiger partial charge in [0, 0.05) is 28.2 Å². The first kappa shape index (κ1) is 15.7. The fraction of sp³-hybridized carbons (Fsp3) is 0.786. The molecule has 2 nitrogen and oxygen atoms in total. The predicted octanol–water partition coefficient (Wildman–Crippen LogP) is 3.97. The maximum atomic E-state index is 4.99. The molecule has 1 aromatic heterocycles. The van der Waals surface area contributed by atoms with Gasteiger partial charge in [0.05, 0.1) is 10.9 Å². The average molecular weight is 317 g/mol. The summed E-state index contributed by atoms with van der Waals surface area (Å²) in [6.07, 6.45) is 1.10. The fourth-order valence-electron chi connectivity index (χ4n) is 2.27. The Morgan fingerprint density at radius 2 is 2.05 bits per heavy atom.